The summed E-state index contributed by atoms with van der Waals surface area (Å²) in [6.45, 7) is 0.234. The Morgan fingerprint density at radius 3 is 2.33 bits per heavy atom. The summed E-state index contributed by atoms with van der Waals surface area (Å²) in [5.74, 6) is -0.371. The zero-order chi connectivity index (χ0) is 25.9. The van der Waals surface area contributed by atoms with Crippen molar-refractivity contribution in [2.45, 2.75) is 19.0 Å². The van der Waals surface area contributed by atoms with E-state index in [-0.39, 0.29) is 29.6 Å². The summed E-state index contributed by atoms with van der Waals surface area (Å²) in [5.41, 5.74) is 3.13. The maximum Gasteiger partial charge on any atom is 0.269 e. The summed E-state index contributed by atoms with van der Waals surface area (Å²) in [6, 6.07) is 18.2. The van der Waals surface area contributed by atoms with Gasteiger partial charge in [0, 0.05) is 46.4 Å². The maximum atomic E-state index is 13.2. The number of hydrogen-bond acceptors (Lipinski definition) is 5. The van der Waals surface area contributed by atoms with Crippen LogP contribution in [0.1, 0.15) is 17.5 Å². The number of nitro groups is 1. The van der Waals surface area contributed by atoms with Gasteiger partial charge >= 0.3 is 0 Å². The smallest absolute Gasteiger partial charge is 0.269 e. The van der Waals surface area contributed by atoms with Crippen molar-refractivity contribution in [2.75, 3.05) is 11.5 Å². The third-order valence-corrected chi connectivity index (χ3v) is 8.30. The van der Waals surface area contributed by atoms with Crippen LogP contribution in [0.3, 0.4) is 0 Å². The van der Waals surface area contributed by atoms with E-state index in [1.165, 1.54) is 18.2 Å². The van der Waals surface area contributed by atoms with Gasteiger partial charge in [-0.05, 0) is 53.5 Å². The zero-order valence-corrected chi connectivity index (χ0v) is 21.3. The molecule has 1 amide bonds. The van der Waals surface area contributed by atoms with E-state index in [0.29, 0.717) is 22.0 Å². The largest absolute Gasteiger partial charge is 0.331 e. The topological polar surface area (TPSA) is 97.6 Å². The Kier molecular flexibility index (Phi) is 7.78. The highest BCUT2D eigenvalue weighted by Gasteiger charge is 2.34. The van der Waals surface area contributed by atoms with Crippen molar-refractivity contribution in [1.29, 1.82) is 0 Å². The van der Waals surface area contributed by atoms with E-state index in [1.807, 2.05) is 30.3 Å². The lowest BCUT2D eigenvalue weighted by molar-refractivity contribution is -0.384. The van der Waals surface area contributed by atoms with Crippen molar-refractivity contribution < 1.29 is 18.1 Å². The zero-order valence-electron chi connectivity index (χ0n) is 19.0. The molecule has 1 unspecified atom stereocenters. The lowest BCUT2D eigenvalue weighted by atomic mass is 10.0. The molecule has 4 rings (SSSR count). The molecular formula is C26H22Cl2N2O5S. The molecule has 1 heterocycles. The van der Waals surface area contributed by atoms with Gasteiger partial charge < -0.3 is 4.90 Å². The second-order valence-corrected chi connectivity index (χ2v) is 11.6. The van der Waals surface area contributed by atoms with E-state index in [2.05, 4.69) is 0 Å². The lowest BCUT2D eigenvalue weighted by Crippen LogP contribution is -2.39. The quantitative estimate of drug-likeness (QED) is 0.213. The predicted octanol–water partition coefficient (Wildman–Crippen LogP) is 5.80. The van der Waals surface area contributed by atoms with Crippen molar-refractivity contribution in [3.63, 3.8) is 0 Å². The first-order valence-electron chi connectivity index (χ1n) is 11.1. The van der Waals surface area contributed by atoms with Gasteiger partial charge in [0.1, 0.15) is 0 Å². The molecule has 0 aliphatic carbocycles. The van der Waals surface area contributed by atoms with Gasteiger partial charge in [-0.3, -0.25) is 14.9 Å². The minimum absolute atomic E-state index is 0.0420. The SMILES string of the molecule is O=C(/C=C/c1ccc([N+](=O)[O-])cc1)N(Cc1ccc(-c2ccc(Cl)cc2Cl)cc1)C1CCS(=O)(=O)C1. The van der Waals surface area contributed by atoms with Gasteiger partial charge in [0.25, 0.3) is 5.69 Å². The molecule has 1 aliphatic heterocycles. The molecule has 0 aromatic heterocycles. The number of halogens is 2. The number of nitrogens with zero attached hydrogens (tertiary/aromatic N) is 2. The summed E-state index contributed by atoms with van der Waals surface area (Å²) in [4.78, 5) is 25.1. The van der Waals surface area contributed by atoms with E-state index in [1.54, 1.807) is 35.2 Å². The number of carbonyl (C=O) groups is 1. The van der Waals surface area contributed by atoms with Crippen LogP contribution in [-0.2, 0) is 21.2 Å². The van der Waals surface area contributed by atoms with Crippen LogP contribution >= 0.6 is 23.2 Å². The second kappa shape index (κ2) is 10.8. The fourth-order valence-corrected chi connectivity index (χ4v) is 6.34. The van der Waals surface area contributed by atoms with Crippen molar-refractivity contribution in [3.8, 4) is 11.1 Å². The molecule has 3 aromatic carbocycles. The average Bonchev–Trinajstić information content (AvgIpc) is 3.21. The van der Waals surface area contributed by atoms with Crippen molar-refractivity contribution in [2.24, 2.45) is 0 Å². The molecule has 1 aliphatic rings. The van der Waals surface area contributed by atoms with Crippen molar-refractivity contribution in [3.05, 3.63) is 104 Å². The highest BCUT2D eigenvalue weighted by molar-refractivity contribution is 7.91. The lowest BCUT2D eigenvalue weighted by Gasteiger charge is -2.27. The standard InChI is InChI=1S/C26H22Cl2N2O5S/c27-21-8-11-24(25(28)15-21)20-6-1-19(2-7-20)16-29(23-13-14-36(34,35)17-23)26(31)12-5-18-3-9-22(10-4-18)30(32)33/h1-12,15,23H,13-14,16-17H2/b12-5+. The Balaban J connectivity index is 1.54. The van der Waals surface area contributed by atoms with Crippen LogP contribution in [0, 0.1) is 10.1 Å². The first kappa shape index (κ1) is 25.9. The van der Waals surface area contributed by atoms with E-state index in [9.17, 15) is 23.3 Å². The molecule has 186 valence electrons. The minimum Gasteiger partial charge on any atom is -0.331 e. The Labute approximate surface area is 219 Å². The Morgan fingerprint density at radius 1 is 1.06 bits per heavy atom. The predicted molar refractivity (Wildman–Crippen MR) is 142 cm³/mol. The summed E-state index contributed by atoms with van der Waals surface area (Å²) in [6.07, 6.45) is 3.31. The molecule has 1 fully saturated rings. The van der Waals surface area contributed by atoms with Crippen LogP contribution in [0.25, 0.3) is 17.2 Å². The fraction of sp³-hybridized carbons (Fsp3) is 0.192. The Hall–Kier alpha value is -3.20. The van der Waals surface area contributed by atoms with Crippen LogP contribution in [0.4, 0.5) is 5.69 Å². The molecule has 0 spiro atoms. The molecule has 0 radical (unpaired) electrons. The molecule has 0 bridgehead atoms. The molecular weight excluding hydrogens is 523 g/mol. The van der Waals surface area contributed by atoms with Crippen LogP contribution in [0.2, 0.25) is 10.0 Å². The first-order valence-corrected chi connectivity index (χ1v) is 13.7. The van der Waals surface area contributed by atoms with Crippen LogP contribution in [0.15, 0.2) is 72.8 Å². The second-order valence-electron chi connectivity index (χ2n) is 8.53. The van der Waals surface area contributed by atoms with Gasteiger partial charge in [-0.1, -0.05) is 53.5 Å². The fourth-order valence-electron chi connectivity index (χ4n) is 4.09. The molecule has 3 aromatic rings. The summed E-state index contributed by atoms with van der Waals surface area (Å²) >= 11 is 12.3. The van der Waals surface area contributed by atoms with Gasteiger partial charge in [0.2, 0.25) is 5.91 Å². The Bertz CT molecular complexity index is 1420. The van der Waals surface area contributed by atoms with E-state index in [0.717, 1.165) is 16.7 Å². The summed E-state index contributed by atoms with van der Waals surface area (Å²) in [5, 5.41) is 11.9. The molecule has 0 saturated carbocycles. The summed E-state index contributed by atoms with van der Waals surface area (Å²) in [7, 11) is -3.20. The minimum atomic E-state index is -3.20. The van der Waals surface area contributed by atoms with Gasteiger partial charge in [-0.25, -0.2) is 8.42 Å². The third kappa shape index (κ3) is 6.32. The number of rotatable bonds is 7. The van der Waals surface area contributed by atoms with E-state index in [4.69, 9.17) is 23.2 Å². The van der Waals surface area contributed by atoms with Crippen molar-refractivity contribution >= 4 is 50.7 Å². The van der Waals surface area contributed by atoms with Gasteiger partial charge in [-0.15, -0.1) is 0 Å². The molecule has 1 saturated heterocycles. The van der Waals surface area contributed by atoms with E-state index < -0.39 is 20.8 Å². The van der Waals surface area contributed by atoms with Crippen LogP contribution in [-0.4, -0.2) is 41.7 Å². The normalized spacial score (nSPS) is 16.8. The van der Waals surface area contributed by atoms with E-state index >= 15 is 0 Å². The number of benzene rings is 3. The number of nitro benzene ring substituents is 1. The molecule has 7 nitrogen and oxygen atoms in total. The monoisotopic (exact) mass is 544 g/mol. The number of hydrogen-bond donors (Lipinski definition) is 0. The number of non-ortho nitro benzene ring substituents is 1. The summed E-state index contributed by atoms with van der Waals surface area (Å²) < 4.78 is 24.2. The van der Waals surface area contributed by atoms with Crippen LogP contribution in [0.5, 0.6) is 0 Å². The first-order chi connectivity index (χ1) is 17.1. The molecule has 1 atom stereocenters. The maximum absolute atomic E-state index is 13.2. The van der Waals surface area contributed by atoms with Gasteiger partial charge in [-0.2, -0.15) is 0 Å². The van der Waals surface area contributed by atoms with Crippen molar-refractivity contribution in [1.82, 2.24) is 4.90 Å². The van der Waals surface area contributed by atoms with Gasteiger partial charge in [0.15, 0.2) is 9.84 Å². The molecule has 0 N–H and O–H groups in total. The number of sulfone groups is 1. The Morgan fingerprint density at radius 2 is 1.75 bits per heavy atom. The highest BCUT2D eigenvalue weighted by atomic mass is 35.5. The number of carbonyl (C=O) groups excluding carboxylic acids is 1. The third-order valence-electron chi connectivity index (χ3n) is 6.00. The van der Waals surface area contributed by atoms with Crippen LogP contribution < -0.4 is 0 Å². The van der Waals surface area contributed by atoms with Gasteiger partial charge in [0.05, 0.1) is 16.4 Å². The highest BCUT2D eigenvalue weighted by Crippen LogP contribution is 2.31. The number of amides is 1. The molecule has 10 heteroatoms. The molecule has 36 heavy (non-hydrogen) atoms. The average molecular weight is 545 g/mol.